The standard InChI is InChI=1S/C28H26FN7/c1-16(2)33-17(3)11-19(14-30-4)24-12-22-26(15-32-24)35-36-28(22)25-13-21-23(34-25)9-10-31-27(21)18-5-7-20(29)8-6-18/h5-16,33-34H,4H2,1-3H3,(H,35,36)/b17-11+,19-14+. The van der Waals surface area contributed by atoms with E-state index in [4.69, 9.17) is 0 Å². The Kier molecular flexibility index (Phi) is 6.16. The van der Waals surface area contributed by atoms with Gasteiger partial charge in [-0.25, -0.2) is 4.39 Å². The molecule has 1 aromatic carbocycles. The van der Waals surface area contributed by atoms with Crippen LogP contribution >= 0.6 is 0 Å². The van der Waals surface area contributed by atoms with Crippen LogP contribution in [0.25, 0.3) is 50.0 Å². The molecule has 5 rings (SSSR count). The zero-order valence-corrected chi connectivity index (χ0v) is 20.3. The van der Waals surface area contributed by atoms with Crippen molar-refractivity contribution >= 4 is 34.1 Å². The van der Waals surface area contributed by atoms with Crippen LogP contribution in [0.3, 0.4) is 0 Å². The van der Waals surface area contributed by atoms with Crippen LogP contribution in [0, 0.1) is 5.82 Å². The maximum atomic E-state index is 13.5. The second kappa shape index (κ2) is 9.58. The highest BCUT2D eigenvalue weighted by molar-refractivity contribution is 6.00. The second-order valence-electron chi connectivity index (χ2n) is 8.89. The van der Waals surface area contributed by atoms with E-state index in [2.05, 4.69) is 56.0 Å². The molecule has 0 aliphatic heterocycles. The van der Waals surface area contributed by atoms with E-state index in [0.29, 0.717) is 6.04 Å². The minimum Gasteiger partial charge on any atom is -0.386 e. The van der Waals surface area contributed by atoms with Crippen molar-refractivity contribution in [3.63, 3.8) is 0 Å². The summed E-state index contributed by atoms with van der Waals surface area (Å²) in [6.45, 7) is 9.81. The van der Waals surface area contributed by atoms with E-state index in [-0.39, 0.29) is 5.82 Å². The fraction of sp³-hybridized carbons (Fsp3) is 0.143. The van der Waals surface area contributed by atoms with E-state index in [1.165, 1.54) is 12.1 Å². The quantitative estimate of drug-likeness (QED) is 0.190. The summed E-state index contributed by atoms with van der Waals surface area (Å²) in [6, 6.07) is 12.6. The first-order chi connectivity index (χ1) is 17.4. The number of rotatable bonds is 7. The molecule has 0 atom stereocenters. The van der Waals surface area contributed by atoms with Crippen molar-refractivity contribution < 1.29 is 4.39 Å². The van der Waals surface area contributed by atoms with E-state index in [0.717, 1.165) is 61.4 Å². The van der Waals surface area contributed by atoms with Gasteiger partial charge in [-0.05, 0) is 76.0 Å². The molecule has 36 heavy (non-hydrogen) atoms. The summed E-state index contributed by atoms with van der Waals surface area (Å²) in [5.41, 5.74) is 7.55. The first-order valence-electron chi connectivity index (χ1n) is 11.6. The summed E-state index contributed by atoms with van der Waals surface area (Å²) in [6.07, 6.45) is 7.21. The molecule has 0 unspecified atom stereocenters. The van der Waals surface area contributed by atoms with Crippen LogP contribution in [0.5, 0.6) is 0 Å². The minimum absolute atomic E-state index is 0.279. The Morgan fingerprint density at radius 1 is 1.06 bits per heavy atom. The van der Waals surface area contributed by atoms with Crippen LogP contribution in [0.1, 0.15) is 26.5 Å². The van der Waals surface area contributed by atoms with Gasteiger partial charge in [0.25, 0.3) is 0 Å². The number of H-pyrrole nitrogens is 2. The fourth-order valence-electron chi connectivity index (χ4n) is 4.31. The Morgan fingerprint density at radius 2 is 1.83 bits per heavy atom. The maximum absolute atomic E-state index is 13.5. The van der Waals surface area contributed by atoms with Gasteiger partial charge in [0, 0.05) is 51.6 Å². The Morgan fingerprint density at radius 3 is 2.58 bits per heavy atom. The van der Waals surface area contributed by atoms with E-state index < -0.39 is 0 Å². The molecule has 4 heterocycles. The van der Waals surface area contributed by atoms with Crippen LogP contribution in [0.4, 0.5) is 4.39 Å². The first-order valence-corrected chi connectivity index (χ1v) is 11.6. The van der Waals surface area contributed by atoms with Crippen molar-refractivity contribution in [3.8, 4) is 22.6 Å². The van der Waals surface area contributed by atoms with Gasteiger partial charge < -0.3 is 10.3 Å². The molecule has 0 spiro atoms. The highest BCUT2D eigenvalue weighted by atomic mass is 19.1. The molecule has 0 saturated heterocycles. The van der Waals surface area contributed by atoms with Crippen molar-refractivity contribution in [2.45, 2.75) is 26.8 Å². The zero-order valence-electron chi connectivity index (χ0n) is 20.3. The SMILES string of the molecule is C=N/C=C(\C=C(/C)NC(C)C)c1cc2c(-c3cc4c(-c5ccc(F)cc5)nccc4[nH]3)n[nH]c2cn1. The molecule has 7 nitrogen and oxygen atoms in total. The average Bonchev–Trinajstić information content (AvgIpc) is 3.47. The van der Waals surface area contributed by atoms with Crippen molar-refractivity contribution in [1.29, 1.82) is 0 Å². The van der Waals surface area contributed by atoms with Crippen LogP contribution in [0.2, 0.25) is 0 Å². The predicted octanol–water partition coefficient (Wildman–Crippen LogP) is 6.25. The highest BCUT2D eigenvalue weighted by Gasteiger charge is 2.16. The van der Waals surface area contributed by atoms with E-state index >= 15 is 0 Å². The largest absolute Gasteiger partial charge is 0.386 e. The monoisotopic (exact) mass is 479 g/mol. The minimum atomic E-state index is -0.279. The van der Waals surface area contributed by atoms with Gasteiger partial charge in [0.2, 0.25) is 0 Å². The van der Waals surface area contributed by atoms with Gasteiger partial charge in [-0.15, -0.1) is 0 Å². The zero-order chi connectivity index (χ0) is 25.2. The fourth-order valence-corrected chi connectivity index (χ4v) is 4.31. The van der Waals surface area contributed by atoms with Gasteiger partial charge in [0.1, 0.15) is 11.5 Å². The molecule has 0 fully saturated rings. The molecule has 0 bridgehead atoms. The third-order valence-corrected chi connectivity index (χ3v) is 5.78. The summed E-state index contributed by atoms with van der Waals surface area (Å²) in [5.74, 6) is -0.279. The number of fused-ring (bicyclic) bond motifs is 2. The van der Waals surface area contributed by atoms with Crippen LogP contribution < -0.4 is 5.32 Å². The Balaban J connectivity index is 1.59. The topological polar surface area (TPSA) is 94.6 Å². The van der Waals surface area contributed by atoms with Crippen molar-refractivity contribution in [1.82, 2.24) is 30.5 Å². The average molecular weight is 480 g/mol. The second-order valence-corrected chi connectivity index (χ2v) is 8.89. The number of nitrogens with zero attached hydrogens (tertiary/aromatic N) is 4. The number of halogens is 1. The first kappa shape index (κ1) is 23.2. The molecule has 3 N–H and O–H groups in total. The van der Waals surface area contributed by atoms with Crippen LogP contribution in [-0.4, -0.2) is 37.9 Å². The lowest BCUT2D eigenvalue weighted by Gasteiger charge is -2.11. The molecule has 0 aliphatic rings. The number of aliphatic imine (C=N–C) groups is 1. The van der Waals surface area contributed by atoms with Crippen molar-refractivity contribution in [2.75, 3.05) is 0 Å². The number of aromatic nitrogens is 5. The summed E-state index contributed by atoms with van der Waals surface area (Å²) in [7, 11) is 0. The van der Waals surface area contributed by atoms with E-state index in [1.807, 2.05) is 31.2 Å². The number of pyridine rings is 2. The molecule has 0 radical (unpaired) electrons. The van der Waals surface area contributed by atoms with Crippen LogP contribution in [0.15, 0.2) is 77.8 Å². The molecule has 180 valence electrons. The number of benzene rings is 1. The summed E-state index contributed by atoms with van der Waals surface area (Å²) >= 11 is 0. The summed E-state index contributed by atoms with van der Waals surface area (Å²) in [5, 5.41) is 12.9. The molecule has 4 aromatic heterocycles. The summed E-state index contributed by atoms with van der Waals surface area (Å²) in [4.78, 5) is 16.6. The van der Waals surface area contributed by atoms with Gasteiger partial charge in [-0.3, -0.25) is 20.1 Å². The Hall–Kier alpha value is -4.59. The van der Waals surface area contributed by atoms with Gasteiger partial charge >= 0.3 is 0 Å². The lowest BCUT2D eigenvalue weighted by Crippen LogP contribution is -2.20. The molecular formula is C28H26FN7. The van der Waals surface area contributed by atoms with E-state index in [1.54, 1.807) is 30.7 Å². The smallest absolute Gasteiger partial charge is 0.123 e. The normalized spacial score (nSPS) is 12.6. The van der Waals surface area contributed by atoms with E-state index in [9.17, 15) is 4.39 Å². The third-order valence-electron chi connectivity index (χ3n) is 5.78. The number of nitrogens with one attached hydrogen (secondary N) is 3. The Labute approximate surface area is 207 Å². The Bertz CT molecular complexity index is 1620. The maximum Gasteiger partial charge on any atom is 0.123 e. The lowest BCUT2D eigenvalue weighted by molar-refractivity contribution is 0.628. The molecule has 8 heteroatoms. The van der Waals surface area contributed by atoms with Gasteiger partial charge in [0.15, 0.2) is 0 Å². The van der Waals surface area contributed by atoms with Gasteiger partial charge in [0.05, 0.1) is 28.8 Å². The molecule has 0 saturated carbocycles. The van der Waals surface area contributed by atoms with Crippen LogP contribution in [-0.2, 0) is 0 Å². The number of hydrogen-bond donors (Lipinski definition) is 3. The lowest BCUT2D eigenvalue weighted by atomic mass is 10.1. The molecule has 0 amide bonds. The highest BCUT2D eigenvalue weighted by Crippen LogP contribution is 2.33. The summed E-state index contributed by atoms with van der Waals surface area (Å²) < 4.78 is 13.5. The molecule has 0 aliphatic carbocycles. The predicted molar refractivity (Wildman–Crippen MR) is 144 cm³/mol. The number of aromatic amines is 2. The van der Waals surface area contributed by atoms with Crippen molar-refractivity contribution in [3.05, 3.63) is 84.3 Å². The van der Waals surface area contributed by atoms with Crippen molar-refractivity contribution in [2.24, 2.45) is 4.99 Å². The number of allylic oxidation sites excluding steroid dienone is 3. The molecular weight excluding hydrogens is 453 g/mol. The van der Waals surface area contributed by atoms with Gasteiger partial charge in [-0.1, -0.05) is 0 Å². The third kappa shape index (κ3) is 4.53. The number of hydrogen-bond acceptors (Lipinski definition) is 5. The molecule has 5 aromatic rings. The van der Waals surface area contributed by atoms with Gasteiger partial charge in [-0.2, -0.15) is 5.10 Å².